The number of hydrogen-bond acceptors (Lipinski definition) is 3. The van der Waals surface area contributed by atoms with E-state index in [-0.39, 0.29) is 5.97 Å². The van der Waals surface area contributed by atoms with Crippen LogP contribution in [0.2, 0.25) is 0 Å². The Kier molecular flexibility index (Phi) is 5.73. The molecule has 0 aliphatic carbocycles. The third kappa shape index (κ3) is 4.18. The molecule has 1 aliphatic rings. The lowest BCUT2D eigenvalue weighted by molar-refractivity contribution is 0.0600. The predicted octanol–water partition coefficient (Wildman–Crippen LogP) is 3.67. The van der Waals surface area contributed by atoms with E-state index in [0.717, 1.165) is 13.0 Å². The number of benzene rings is 2. The van der Waals surface area contributed by atoms with E-state index in [1.54, 1.807) is 0 Å². The van der Waals surface area contributed by atoms with Crippen LogP contribution in [0.4, 0.5) is 0 Å². The quantitative estimate of drug-likeness (QED) is 0.816. The molecule has 2 aromatic rings. The highest BCUT2D eigenvalue weighted by Crippen LogP contribution is 2.23. The number of esters is 1. The molecule has 3 heteroatoms. The molecule has 0 saturated carbocycles. The molecule has 1 heterocycles. The van der Waals surface area contributed by atoms with Gasteiger partial charge in [-0.05, 0) is 50.1 Å². The van der Waals surface area contributed by atoms with Gasteiger partial charge in [-0.3, -0.25) is 0 Å². The number of methoxy groups -OCH3 is 1. The van der Waals surface area contributed by atoms with E-state index in [0.29, 0.717) is 11.6 Å². The van der Waals surface area contributed by atoms with Crippen LogP contribution in [0.1, 0.15) is 40.0 Å². The molecule has 1 aliphatic heterocycles. The summed E-state index contributed by atoms with van der Waals surface area (Å²) in [5.74, 6) is -0.260. The number of rotatable bonds is 1. The lowest BCUT2D eigenvalue weighted by Gasteiger charge is -2.24. The zero-order valence-electron chi connectivity index (χ0n) is 13.4. The second kappa shape index (κ2) is 7.76. The summed E-state index contributed by atoms with van der Waals surface area (Å²) in [6.07, 6.45) is 0.977. The van der Waals surface area contributed by atoms with Crippen LogP contribution in [0.15, 0.2) is 48.5 Å². The van der Waals surface area contributed by atoms with Gasteiger partial charge in [-0.25, -0.2) is 4.79 Å². The molecule has 2 aromatic carbocycles. The zero-order valence-corrected chi connectivity index (χ0v) is 13.4. The molecule has 0 bridgehead atoms. The van der Waals surface area contributed by atoms with Gasteiger partial charge < -0.3 is 10.1 Å². The van der Waals surface area contributed by atoms with Crippen molar-refractivity contribution in [1.29, 1.82) is 0 Å². The van der Waals surface area contributed by atoms with Gasteiger partial charge in [-0.2, -0.15) is 0 Å². The fourth-order valence-electron chi connectivity index (χ4n) is 2.56. The Morgan fingerprint density at radius 3 is 2.50 bits per heavy atom. The molecule has 0 aromatic heterocycles. The Morgan fingerprint density at radius 1 is 1.18 bits per heavy atom. The zero-order chi connectivity index (χ0) is 15.9. The summed E-state index contributed by atoms with van der Waals surface area (Å²) in [6, 6.07) is 16.4. The largest absolute Gasteiger partial charge is 0.465 e. The monoisotopic (exact) mass is 297 g/mol. The summed E-state index contributed by atoms with van der Waals surface area (Å²) in [4.78, 5) is 11.3. The molecule has 116 valence electrons. The Balaban J connectivity index is 0.000000211. The first-order chi connectivity index (χ1) is 10.6. The van der Waals surface area contributed by atoms with E-state index in [9.17, 15) is 4.79 Å². The average molecular weight is 297 g/mol. The molecule has 1 N–H and O–H groups in total. The van der Waals surface area contributed by atoms with Gasteiger partial charge in [0.15, 0.2) is 0 Å². The van der Waals surface area contributed by atoms with Gasteiger partial charge >= 0.3 is 5.97 Å². The number of carbonyl (C=O) groups is 1. The van der Waals surface area contributed by atoms with Crippen molar-refractivity contribution in [2.24, 2.45) is 0 Å². The standard InChI is InChI=1S/C12H15NO2.C7H8/c1-8-11-4-3-10(12(14)15-2)7-9(11)5-6-13-8;1-7-5-3-2-4-6-7/h3-4,7-8,13H,5-6H2,1-2H3;2-6H,1H3. The minimum atomic E-state index is -0.260. The third-order valence-electron chi connectivity index (χ3n) is 3.82. The van der Waals surface area contributed by atoms with Gasteiger partial charge in [0.1, 0.15) is 0 Å². The van der Waals surface area contributed by atoms with Crippen molar-refractivity contribution in [3.63, 3.8) is 0 Å². The van der Waals surface area contributed by atoms with Crippen molar-refractivity contribution in [2.45, 2.75) is 26.3 Å². The lowest BCUT2D eigenvalue weighted by Crippen LogP contribution is -2.27. The van der Waals surface area contributed by atoms with E-state index in [1.807, 2.05) is 36.4 Å². The SMILES string of the molecule is COC(=O)c1ccc2c(c1)CCNC2C.Cc1ccccc1. The highest BCUT2D eigenvalue weighted by Gasteiger charge is 2.17. The van der Waals surface area contributed by atoms with Crippen LogP contribution in [-0.2, 0) is 11.2 Å². The van der Waals surface area contributed by atoms with E-state index >= 15 is 0 Å². The number of nitrogens with one attached hydrogen (secondary N) is 1. The fraction of sp³-hybridized carbons (Fsp3) is 0.316. The van der Waals surface area contributed by atoms with Crippen LogP contribution in [0, 0.1) is 6.92 Å². The van der Waals surface area contributed by atoms with Crippen molar-refractivity contribution >= 4 is 5.97 Å². The Hall–Kier alpha value is -2.13. The van der Waals surface area contributed by atoms with Gasteiger partial charge in [0, 0.05) is 6.04 Å². The minimum absolute atomic E-state index is 0.260. The van der Waals surface area contributed by atoms with E-state index in [2.05, 4.69) is 31.3 Å². The van der Waals surface area contributed by atoms with Crippen LogP contribution in [0.25, 0.3) is 0 Å². The maximum Gasteiger partial charge on any atom is 0.337 e. The molecule has 3 nitrogen and oxygen atoms in total. The maximum absolute atomic E-state index is 11.3. The molecule has 1 atom stereocenters. The third-order valence-corrected chi connectivity index (χ3v) is 3.82. The summed E-state index contributed by atoms with van der Waals surface area (Å²) in [7, 11) is 1.41. The van der Waals surface area contributed by atoms with Crippen molar-refractivity contribution in [3.05, 3.63) is 70.8 Å². The first kappa shape index (κ1) is 16.2. The smallest absolute Gasteiger partial charge is 0.337 e. The Morgan fingerprint density at radius 2 is 1.91 bits per heavy atom. The Labute approximate surface area is 132 Å². The highest BCUT2D eigenvalue weighted by molar-refractivity contribution is 5.89. The molecule has 3 rings (SSSR count). The fourth-order valence-corrected chi connectivity index (χ4v) is 2.56. The first-order valence-corrected chi connectivity index (χ1v) is 7.58. The van der Waals surface area contributed by atoms with Crippen molar-refractivity contribution in [1.82, 2.24) is 5.32 Å². The molecule has 0 radical (unpaired) electrons. The van der Waals surface area contributed by atoms with Crippen molar-refractivity contribution < 1.29 is 9.53 Å². The van der Waals surface area contributed by atoms with Crippen LogP contribution >= 0.6 is 0 Å². The summed E-state index contributed by atoms with van der Waals surface area (Å²) in [5.41, 5.74) is 4.51. The number of hydrogen-bond donors (Lipinski definition) is 1. The van der Waals surface area contributed by atoms with Crippen LogP contribution in [0.3, 0.4) is 0 Å². The average Bonchev–Trinajstić information content (AvgIpc) is 2.55. The molecule has 0 amide bonds. The number of fused-ring (bicyclic) bond motifs is 1. The van der Waals surface area contributed by atoms with Gasteiger partial charge in [-0.15, -0.1) is 0 Å². The summed E-state index contributed by atoms with van der Waals surface area (Å²) >= 11 is 0. The summed E-state index contributed by atoms with van der Waals surface area (Å²) in [5, 5.41) is 3.38. The Bertz CT molecular complexity index is 623. The molecular formula is C19H23NO2. The topological polar surface area (TPSA) is 38.3 Å². The van der Waals surface area contributed by atoms with Gasteiger partial charge in [0.2, 0.25) is 0 Å². The number of ether oxygens (including phenoxy) is 1. The maximum atomic E-state index is 11.3. The molecule has 0 saturated heterocycles. The second-order valence-electron chi connectivity index (χ2n) is 5.49. The normalized spacial score (nSPS) is 16.0. The van der Waals surface area contributed by atoms with Crippen molar-refractivity contribution in [3.8, 4) is 0 Å². The number of carbonyl (C=O) groups excluding carboxylic acids is 1. The first-order valence-electron chi connectivity index (χ1n) is 7.58. The lowest BCUT2D eigenvalue weighted by atomic mass is 9.93. The van der Waals surface area contributed by atoms with E-state index in [4.69, 9.17) is 4.74 Å². The van der Waals surface area contributed by atoms with E-state index in [1.165, 1.54) is 23.8 Å². The molecule has 0 spiro atoms. The second-order valence-corrected chi connectivity index (χ2v) is 5.49. The number of aryl methyl sites for hydroxylation is 1. The summed E-state index contributed by atoms with van der Waals surface area (Å²) in [6.45, 7) is 5.19. The predicted molar refractivity (Wildman–Crippen MR) is 89.1 cm³/mol. The molecule has 1 unspecified atom stereocenters. The molecule has 22 heavy (non-hydrogen) atoms. The minimum Gasteiger partial charge on any atom is -0.465 e. The highest BCUT2D eigenvalue weighted by atomic mass is 16.5. The van der Waals surface area contributed by atoms with Crippen LogP contribution in [-0.4, -0.2) is 19.6 Å². The van der Waals surface area contributed by atoms with Gasteiger partial charge in [0.25, 0.3) is 0 Å². The van der Waals surface area contributed by atoms with Gasteiger partial charge in [-0.1, -0.05) is 42.0 Å². The summed E-state index contributed by atoms with van der Waals surface area (Å²) < 4.78 is 4.70. The van der Waals surface area contributed by atoms with Crippen LogP contribution < -0.4 is 5.32 Å². The van der Waals surface area contributed by atoms with E-state index < -0.39 is 0 Å². The molecule has 0 fully saturated rings. The van der Waals surface area contributed by atoms with Gasteiger partial charge in [0.05, 0.1) is 12.7 Å². The van der Waals surface area contributed by atoms with Crippen molar-refractivity contribution in [2.75, 3.05) is 13.7 Å². The van der Waals surface area contributed by atoms with Crippen LogP contribution in [0.5, 0.6) is 0 Å². The molecular weight excluding hydrogens is 274 g/mol.